The maximum absolute atomic E-state index is 12.6. The molecule has 1 aliphatic carbocycles. The van der Waals surface area contributed by atoms with Crippen LogP contribution in [-0.4, -0.2) is 28.1 Å². The first-order valence-electron chi connectivity index (χ1n) is 8.20. The van der Waals surface area contributed by atoms with Crippen molar-refractivity contribution in [2.24, 2.45) is 0 Å². The van der Waals surface area contributed by atoms with Gasteiger partial charge in [-0.2, -0.15) is 5.10 Å². The first kappa shape index (κ1) is 15.4. The molecule has 2 N–H and O–H groups in total. The normalized spacial score (nSPS) is 14.9. The van der Waals surface area contributed by atoms with Gasteiger partial charge in [0, 0.05) is 17.0 Å². The highest BCUT2D eigenvalue weighted by Gasteiger charge is 2.31. The van der Waals surface area contributed by atoms with Crippen molar-refractivity contribution >= 4 is 22.8 Å². The molecule has 0 unspecified atom stereocenters. The molecule has 25 heavy (non-hydrogen) atoms. The molecule has 1 amide bonds. The van der Waals surface area contributed by atoms with Crippen molar-refractivity contribution in [1.82, 2.24) is 15.5 Å². The maximum Gasteiger partial charge on any atom is 0.339 e. The van der Waals surface area contributed by atoms with Crippen LogP contribution in [0.4, 0.5) is 0 Å². The molecule has 126 valence electrons. The number of amides is 1. The Morgan fingerprint density at radius 2 is 1.96 bits per heavy atom. The van der Waals surface area contributed by atoms with E-state index >= 15 is 0 Å². The summed E-state index contributed by atoms with van der Waals surface area (Å²) in [6, 6.07) is 14.4. The van der Waals surface area contributed by atoms with E-state index in [2.05, 4.69) is 15.5 Å². The number of hydrogen-bond acceptors (Lipinski definition) is 4. The van der Waals surface area contributed by atoms with Gasteiger partial charge in [0.15, 0.2) is 0 Å². The minimum atomic E-state index is -0.966. The lowest BCUT2D eigenvalue weighted by Crippen LogP contribution is -2.33. The average molecular weight is 335 g/mol. The van der Waals surface area contributed by atoms with Gasteiger partial charge >= 0.3 is 5.97 Å². The molecule has 1 heterocycles. The maximum atomic E-state index is 12.6. The number of carbonyl (C=O) groups excluding carboxylic acids is 2. The molecule has 0 saturated heterocycles. The number of nitrogens with zero attached hydrogens (tertiary/aromatic N) is 1. The fraction of sp³-hybridized carbons (Fsp3) is 0.211. The minimum absolute atomic E-state index is 0.193. The summed E-state index contributed by atoms with van der Waals surface area (Å²) in [7, 11) is 0. The second kappa shape index (κ2) is 6.39. The van der Waals surface area contributed by atoms with E-state index in [4.69, 9.17) is 4.74 Å². The van der Waals surface area contributed by atoms with Gasteiger partial charge in [0.05, 0.1) is 17.3 Å². The van der Waals surface area contributed by atoms with Gasteiger partial charge in [-0.1, -0.05) is 36.4 Å². The number of esters is 1. The minimum Gasteiger partial charge on any atom is -0.444 e. The Bertz CT molecular complexity index is 916. The van der Waals surface area contributed by atoms with Crippen molar-refractivity contribution in [3.63, 3.8) is 0 Å². The summed E-state index contributed by atoms with van der Waals surface area (Å²) in [5, 5.41) is 10.6. The van der Waals surface area contributed by atoms with Crippen LogP contribution < -0.4 is 5.32 Å². The number of hydrogen-bond donors (Lipinski definition) is 2. The summed E-state index contributed by atoms with van der Waals surface area (Å²) in [4.78, 5) is 25.1. The van der Waals surface area contributed by atoms with E-state index in [1.54, 1.807) is 36.5 Å². The van der Waals surface area contributed by atoms with Gasteiger partial charge < -0.3 is 10.1 Å². The van der Waals surface area contributed by atoms with Crippen LogP contribution in [0.3, 0.4) is 0 Å². The van der Waals surface area contributed by atoms with Crippen LogP contribution in [-0.2, 0) is 9.53 Å². The molecular weight excluding hydrogens is 318 g/mol. The highest BCUT2D eigenvalue weighted by atomic mass is 16.5. The largest absolute Gasteiger partial charge is 0.444 e. The van der Waals surface area contributed by atoms with E-state index in [9.17, 15) is 9.59 Å². The number of nitrogens with one attached hydrogen (secondary N) is 2. The number of ether oxygens (including phenoxy) is 1. The van der Waals surface area contributed by atoms with E-state index in [0.29, 0.717) is 11.1 Å². The van der Waals surface area contributed by atoms with E-state index < -0.39 is 12.1 Å². The molecule has 6 nitrogen and oxygen atoms in total. The number of rotatable bonds is 5. The topological polar surface area (TPSA) is 84.1 Å². The predicted octanol–water partition coefficient (Wildman–Crippen LogP) is 2.74. The molecule has 1 aromatic heterocycles. The summed E-state index contributed by atoms with van der Waals surface area (Å²) in [6.45, 7) is 0. The highest BCUT2D eigenvalue weighted by Crippen LogP contribution is 2.24. The Hall–Kier alpha value is -3.15. The lowest BCUT2D eigenvalue weighted by atomic mass is 10.1. The Labute approximate surface area is 144 Å². The van der Waals surface area contributed by atoms with Gasteiger partial charge in [-0.25, -0.2) is 4.79 Å². The van der Waals surface area contributed by atoms with Crippen molar-refractivity contribution in [2.45, 2.75) is 25.0 Å². The summed E-state index contributed by atoms with van der Waals surface area (Å²) >= 11 is 0. The standard InChI is InChI=1S/C19H17N3O3/c23-18(21-15-8-9-15)17(12-4-2-1-3-5-12)25-19(24)13-6-7-14-11-20-22-16(14)10-13/h1-7,10-11,15,17H,8-9H2,(H,20,22)(H,21,23)/t17-/m0/s1. The Morgan fingerprint density at radius 1 is 1.16 bits per heavy atom. The lowest BCUT2D eigenvalue weighted by Gasteiger charge is -2.18. The predicted molar refractivity (Wildman–Crippen MR) is 91.9 cm³/mol. The molecule has 0 bridgehead atoms. The zero-order chi connectivity index (χ0) is 17.2. The quantitative estimate of drug-likeness (QED) is 0.702. The molecule has 0 radical (unpaired) electrons. The van der Waals surface area contributed by atoms with Gasteiger partial charge in [-0.3, -0.25) is 9.89 Å². The van der Waals surface area contributed by atoms with Crippen molar-refractivity contribution in [3.8, 4) is 0 Å². The molecule has 3 aromatic rings. The summed E-state index contributed by atoms with van der Waals surface area (Å²) < 4.78 is 5.55. The number of benzene rings is 2. The molecule has 6 heteroatoms. The van der Waals surface area contributed by atoms with Crippen LogP contribution in [0.2, 0.25) is 0 Å². The molecule has 0 aliphatic heterocycles. The number of H-pyrrole nitrogens is 1. The zero-order valence-electron chi connectivity index (χ0n) is 13.4. The molecule has 2 aromatic carbocycles. The Kier molecular flexibility index (Phi) is 3.93. The molecule has 1 atom stereocenters. The third-order valence-corrected chi connectivity index (χ3v) is 4.17. The zero-order valence-corrected chi connectivity index (χ0v) is 13.4. The first-order valence-corrected chi connectivity index (χ1v) is 8.20. The fourth-order valence-corrected chi connectivity index (χ4v) is 2.64. The van der Waals surface area contributed by atoms with Crippen LogP contribution in [0.1, 0.15) is 34.9 Å². The molecule has 1 aliphatic rings. The van der Waals surface area contributed by atoms with Crippen molar-refractivity contribution in [1.29, 1.82) is 0 Å². The second-order valence-electron chi connectivity index (χ2n) is 6.15. The van der Waals surface area contributed by atoms with Gasteiger partial charge in [-0.15, -0.1) is 0 Å². The molecule has 4 rings (SSSR count). The van der Waals surface area contributed by atoms with E-state index in [0.717, 1.165) is 23.7 Å². The summed E-state index contributed by atoms with van der Waals surface area (Å²) in [6.07, 6.45) is 2.65. The summed E-state index contributed by atoms with van der Waals surface area (Å²) in [5.74, 6) is -0.832. The van der Waals surface area contributed by atoms with Crippen molar-refractivity contribution < 1.29 is 14.3 Å². The fourth-order valence-electron chi connectivity index (χ4n) is 2.64. The summed E-state index contributed by atoms with van der Waals surface area (Å²) in [5.41, 5.74) is 1.77. The SMILES string of the molecule is O=C(O[C@H](C(=O)NC1CC1)c1ccccc1)c1ccc2cn[nH]c2c1. The van der Waals surface area contributed by atoms with E-state index in [1.807, 2.05) is 18.2 Å². The Morgan fingerprint density at radius 3 is 2.72 bits per heavy atom. The number of carbonyl (C=O) groups is 2. The van der Waals surface area contributed by atoms with Crippen molar-refractivity contribution in [3.05, 3.63) is 65.9 Å². The van der Waals surface area contributed by atoms with Gasteiger partial charge in [0.1, 0.15) is 0 Å². The Balaban J connectivity index is 1.58. The van der Waals surface area contributed by atoms with Crippen LogP contribution in [0.25, 0.3) is 10.9 Å². The van der Waals surface area contributed by atoms with Crippen molar-refractivity contribution in [2.75, 3.05) is 0 Å². The van der Waals surface area contributed by atoms with Gasteiger partial charge in [0.2, 0.25) is 6.10 Å². The third-order valence-electron chi connectivity index (χ3n) is 4.17. The van der Waals surface area contributed by atoms with E-state index in [1.165, 1.54) is 0 Å². The van der Waals surface area contributed by atoms with Gasteiger partial charge in [-0.05, 0) is 25.0 Å². The molecule has 1 fully saturated rings. The number of fused-ring (bicyclic) bond motifs is 1. The highest BCUT2D eigenvalue weighted by molar-refractivity contribution is 5.96. The molecule has 1 saturated carbocycles. The van der Waals surface area contributed by atoms with Crippen LogP contribution >= 0.6 is 0 Å². The van der Waals surface area contributed by atoms with Gasteiger partial charge in [0.25, 0.3) is 5.91 Å². The van der Waals surface area contributed by atoms with Crippen LogP contribution in [0.5, 0.6) is 0 Å². The lowest BCUT2D eigenvalue weighted by molar-refractivity contribution is -0.130. The van der Waals surface area contributed by atoms with Crippen LogP contribution in [0, 0.1) is 0 Å². The molecular formula is C19H17N3O3. The number of aromatic amines is 1. The second-order valence-corrected chi connectivity index (χ2v) is 6.15. The monoisotopic (exact) mass is 335 g/mol. The molecule has 0 spiro atoms. The smallest absolute Gasteiger partial charge is 0.339 e. The van der Waals surface area contributed by atoms with Crippen LogP contribution in [0.15, 0.2) is 54.7 Å². The first-order chi connectivity index (χ1) is 12.2. The third kappa shape index (κ3) is 3.38. The number of aromatic nitrogens is 2. The van der Waals surface area contributed by atoms with E-state index in [-0.39, 0.29) is 11.9 Å². The average Bonchev–Trinajstić information content (AvgIpc) is 3.32.